The first kappa shape index (κ1) is 18.5. The highest BCUT2D eigenvalue weighted by Crippen LogP contribution is 2.29. The monoisotopic (exact) mass is 404 g/mol. The van der Waals surface area contributed by atoms with Crippen LogP contribution >= 0.6 is 11.3 Å². The summed E-state index contributed by atoms with van der Waals surface area (Å²) in [6, 6.07) is 7.13. The van der Waals surface area contributed by atoms with Crippen molar-refractivity contribution in [2.24, 2.45) is 7.05 Å². The Morgan fingerprint density at radius 2 is 1.89 bits per heavy atom. The summed E-state index contributed by atoms with van der Waals surface area (Å²) in [7, 11) is 1.60. The van der Waals surface area contributed by atoms with Crippen LogP contribution in [0.5, 0.6) is 0 Å². The molecule has 1 fully saturated rings. The van der Waals surface area contributed by atoms with E-state index >= 15 is 0 Å². The number of aromatic nitrogens is 4. The summed E-state index contributed by atoms with van der Waals surface area (Å²) in [6.07, 6.45) is 1.68. The lowest BCUT2D eigenvalue weighted by atomic mass is 10.1. The van der Waals surface area contributed by atoms with E-state index in [4.69, 9.17) is 0 Å². The summed E-state index contributed by atoms with van der Waals surface area (Å²) in [4.78, 5) is 13.6. The molecule has 0 bridgehead atoms. The van der Waals surface area contributed by atoms with Crippen LogP contribution < -0.4 is 15.8 Å². The molecular formula is C18H18F2N6OS. The van der Waals surface area contributed by atoms with E-state index in [1.807, 2.05) is 0 Å². The third-order valence-corrected chi connectivity index (χ3v) is 5.66. The summed E-state index contributed by atoms with van der Waals surface area (Å²) in [6.45, 7) is 1.55. The molecule has 0 saturated carbocycles. The number of anilines is 2. The maximum absolute atomic E-state index is 13.3. The minimum atomic E-state index is -0.851. The number of piperidine rings is 1. The lowest BCUT2D eigenvalue weighted by Crippen LogP contribution is -2.39. The average molecular weight is 404 g/mol. The van der Waals surface area contributed by atoms with Gasteiger partial charge in [0.1, 0.15) is 5.69 Å². The van der Waals surface area contributed by atoms with Crippen LogP contribution in [0, 0.1) is 11.6 Å². The summed E-state index contributed by atoms with van der Waals surface area (Å²) < 4.78 is 27.7. The maximum Gasteiger partial charge on any atom is 0.266 e. The lowest BCUT2D eigenvalue weighted by molar-refractivity contribution is 0.506. The number of hydrogen-bond acceptors (Lipinski definition) is 7. The van der Waals surface area contributed by atoms with Gasteiger partial charge in [-0.25, -0.2) is 13.5 Å². The van der Waals surface area contributed by atoms with E-state index in [0.29, 0.717) is 16.4 Å². The van der Waals surface area contributed by atoms with E-state index in [-0.39, 0.29) is 11.6 Å². The van der Waals surface area contributed by atoms with Gasteiger partial charge in [0, 0.05) is 44.0 Å². The maximum atomic E-state index is 13.3. The molecule has 1 N–H and O–H groups in total. The predicted molar refractivity (Wildman–Crippen MR) is 104 cm³/mol. The lowest BCUT2D eigenvalue weighted by Gasteiger charge is -2.32. The number of rotatable bonds is 4. The third-order valence-electron chi connectivity index (χ3n) is 4.65. The predicted octanol–water partition coefficient (Wildman–Crippen LogP) is 2.66. The molecule has 1 saturated heterocycles. The third kappa shape index (κ3) is 3.86. The highest BCUT2D eigenvalue weighted by molar-refractivity contribution is 7.18. The van der Waals surface area contributed by atoms with Crippen molar-refractivity contribution in [1.82, 2.24) is 20.0 Å². The number of halogens is 2. The fourth-order valence-corrected chi connectivity index (χ4v) is 3.96. The molecule has 0 radical (unpaired) electrons. The van der Waals surface area contributed by atoms with Crippen LogP contribution in [-0.2, 0) is 7.05 Å². The Kier molecular flexibility index (Phi) is 5.03. The van der Waals surface area contributed by atoms with Gasteiger partial charge >= 0.3 is 0 Å². The SMILES string of the molecule is Cn1nc(-c2nnc(N3CCC(Nc4ccc(F)c(F)c4)CC3)s2)ccc1=O. The molecule has 1 aromatic carbocycles. The van der Waals surface area contributed by atoms with Gasteiger partial charge in [-0.3, -0.25) is 4.79 Å². The van der Waals surface area contributed by atoms with Gasteiger partial charge in [-0.05, 0) is 31.0 Å². The van der Waals surface area contributed by atoms with Crippen LogP contribution in [0.4, 0.5) is 19.6 Å². The largest absolute Gasteiger partial charge is 0.382 e. The van der Waals surface area contributed by atoms with Crippen molar-refractivity contribution in [2.45, 2.75) is 18.9 Å². The molecule has 0 unspecified atom stereocenters. The summed E-state index contributed by atoms with van der Waals surface area (Å²) in [5.41, 5.74) is 1.01. The molecule has 4 rings (SSSR count). The summed E-state index contributed by atoms with van der Waals surface area (Å²) >= 11 is 1.43. The van der Waals surface area contributed by atoms with Gasteiger partial charge in [0.15, 0.2) is 16.6 Å². The molecule has 2 aromatic heterocycles. The van der Waals surface area contributed by atoms with Crippen molar-refractivity contribution >= 4 is 22.2 Å². The molecular weight excluding hydrogens is 386 g/mol. The molecule has 146 valence electrons. The van der Waals surface area contributed by atoms with Crippen LogP contribution in [-0.4, -0.2) is 39.1 Å². The van der Waals surface area contributed by atoms with Crippen molar-refractivity contribution in [1.29, 1.82) is 0 Å². The number of aryl methyl sites for hydroxylation is 1. The van der Waals surface area contributed by atoms with E-state index in [9.17, 15) is 13.6 Å². The van der Waals surface area contributed by atoms with E-state index < -0.39 is 11.6 Å². The molecule has 0 spiro atoms. The van der Waals surface area contributed by atoms with E-state index in [1.54, 1.807) is 19.2 Å². The summed E-state index contributed by atoms with van der Waals surface area (Å²) in [5, 5.41) is 17.4. The highest BCUT2D eigenvalue weighted by Gasteiger charge is 2.22. The molecule has 3 heterocycles. The number of nitrogens with one attached hydrogen (secondary N) is 1. The smallest absolute Gasteiger partial charge is 0.266 e. The van der Waals surface area contributed by atoms with Crippen molar-refractivity contribution < 1.29 is 8.78 Å². The first-order valence-electron chi connectivity index (χ1n) is 8.84. The zero-order valence-corrected chi connectivity index (χ0v) is 15.9. The second-order valence-electron chi connectivity index (χ2n) is 6.60. The normalized spacial score (nSPS) is 15.0. The zero-order chi connectivity index (χ0) is 19.7. The van der Waals surface area contributed by atoms with E-state index in [2.05, 4.69) is 25.5 Å². The first-order valence-corrected chi connectivity index (χ1v) is 9.66. The van der Waals surface area contributed by atoms with Gasteiger partial charge in [0.2, 0.25) is 5.13 Å². The standard InChI is InChI=1S/C18H18F2N6OS/c1-25-16(27)5-4-15(24-25)17-22-23-18(28-17)26-8-6-11(7-9-26)21-12-2-3-13(19)14(20)10-12/h2-5,10-11,21H,6-9H2,1H3. The minimum absolute atomic E-state index is 0.177. The van der Waals surface area contributed by atoms with Gasteiger partial charge < -0.3 is 10.2 Å². The van der Waals surface area contributed by atoms with Crippen LogP contribution in [0.25, 0.3) is 10.7 Å². The molecule has 3 aromatic rings. The number of hydrogen-bond donors (Lipinski definition) is 1. The Morgan fingerprint density at radius 3 is 2.61 bits per heavy atom. The molecule has 0 amide bonds. The molecule has 10 heteroatoms. The van der Waals surface area contributed by atoms with Gasteiger partial charge in [0.25, 0.3) is 5.56 Å². The average Bonchev–Trinajstić information content (AvgIpc) is 3.18. The second-order valence-corrected chi connectivity index (χ2v) is 7.56. The first-order chi connectivity index (χ1) is 13.5. The topological polar surface area (TPSA) is 75.9 Å². The van der Waals surface area contributed by atoms with Crippen LogP contribution in [0.1, 0.15) is 12.8 Å². The molecule has 0 atom stereocenters. The van der Waals surface area contributed by atoms with Crippen molar-refractivity contribution in [3.05, 3.63) is 52.3 Å². The van der Waals surface area contributed by atoms with Gasteiger partial charge in [-0.15, -0.1) is 10.2 Å². The zero-order valence-electron chi connectivity index (χ0n) is 15.1. The fourth-order valence-electron chi connectivity index (χ4n) is 3.10. The Morgan fingerprint density at radius 1 is 1.11 bits per heavy atom. The number of nitrogens with zero attached hydrogens (tertiary/aromatic N) is 5. The quantitative estimate of drug-likeness (QED) is 0.721. The molecule has 1 aliphatic heterocycles. The molecule has 0 aliphatic carbocycles. The van der Waals surface area contributed by atoms with E-state index in [1.165, 1.54) is 28.2 Å². The van der Waals surface area contributed by atoms with Crippen molar-refractivity contribution in [3.63, 3.8) is 0 Å². The Balaban J connectivity index is 1.38. The van der Waals surface area contributed by atoms with Crippen LogP contribution in [0.3, 0.4) is 0 Å². The Hall–Kier alpha value is -2.88. The molecule has 28 heavy (non-hydrogen) atoms. The van der Waals surface area contributed by atoms with Crippen molar-refractivity contribution in [2.75, 3.05) is 23.3 Å². The fraction of sp³-hybridized carbons (Fsp3) is 0.333. The van der Waals surface area contributed by atoms with E-state index in [0.717, 1.165) is 37.1 Å². The minimum Gasteiger partial charge on any atom is -0.382 e. The molecule has 1 aliphatic rings. The Bertz CT molecular complexity index is 1040. The summed E-state index contributed by atoms with van der Waals surface area (Å²) in [5.74, 6) is -1.70. The Labute approximate surface area is 163 Å². The molecule has 7 nitrogen and oxygen atoms in total. The second kappa shape index (κ2) is 7.63. The van der Waals surface area contributed by atoms with Crippen LogP contribution in [0.2, 0.25) is 0 Å². The van der Waals surface area contributed by atoms with Crippen molar-refractivity contribution in [3.8, 4) is 10.7 Å². The van der Waals surface area contributed by atoms with Crippen LogP contribution in [0.15, 0.2) is 35.1 Å². The van der Waals surface area contributed by atoms with Gasteiger partial charge in [-0.1, -0.05) is 11.3 Å². The van der Waals surface area contributed by atoms with Gasteiger partial charge in [-0.2, -0.15) is 5.10 Å². The highest BCUT2D eigenvalue weighted by atomic mass is 32.1. The van der Waals surface area contributed by atoms with Gasteiger partial charge in [0.05, 0.1) is 0 Å². The number of benzene rings is 1.